The zero-order valence-corrected chi connectivity index (χ0v) is 19.5. The van der Waals surface area contributed by atoms with Crippen LogP contribution in [0.15, 0.2) is 61.1 Å². The summed E-state index contributed by atoms with van der Waals surface area (Å²) in [7, 11) is 0. The number of carbonyl (C=O) groups excluding carboxylic acids is 2. The monoisotopic (exact) mass is 526 g/mol. The van der Waals surface area contributed by atoms with Crippen LogP contribution in [-0.2, 0) is 15.7 Å². The lowest BCUT2D eigenvalue weighted by Gasteiger charge is -2.35. The molecule has 0 spiro atoms. The second-order valence-corrected chi connectivity index (χ2v) is 8.88. The van der Waals surface area contributed by atoms with Crippen LogP contribution < -0.4 is 0 Å². The Morgan fingerprint density at radius 2 is 1.89 bits per heavy atom. The predicted molar refractivity (Wildman–Crippen MR) is 123 cm³/mol. The van der Waals surface area contributed by atoms with Crippen molar-refractivity contribution in [2.45, 2.75) is 18.5 Å². The van der Waals surface area contributed by atoms with Gasteiger partial charge in [-0.15, -0.1) is 0 Å². The number of rotatable bonds is 3. The van der Waals surface area contributed by atoms with Crippen LogP contribution in [-0.4, -0.2) is 67.1 Å². The highest BCUT2D eigenvalue weighted by molar-refractivity contribution is 5.93. The minimum atomic E-state index is -4.78. The first-order valence-electron chi connectivity index (χ1n) is 11.6. The molecule has 2 aliphatic heterocycles. The number of hydrogen-bond acceptors (Lipinski definition) is 6. The fourth-order valence-electron chi connectivity index (χ4n) is 4.63. The molecule has 2 fully saturated rings. The van der Waals surface area contributed by atoms with Gasteiger partial charge in [-0.25, -0.2) is 13.9 Å². The number of aromatic nitrogens is 4. The van der Waals surface area contributed by atoms with Gasteiger partial charge in [0.1, 0.15) is 17.1 Å². The number of alkyl halides is 3. The largest absolute Gasteiger partial charge is 0.420 e. The van der Waals surface area contributed by atoms with E-state index in [1.165, 1.54) is 28.1 Å². The van der Waals surface area contributed by atoms with Gasteiger partial charge in [0, 0.05) is 36.6 Å². The van der Waals surface area contributed by atoms with Crippen molar-refractivity contribution in [3.8, 4) is 11.3 Å². The van der Waals surface area contributed by atoms with E-state index in [2.05, 4.69) is 15.1 Å². The van der Waals surface area contributed by atoms with Crippen LogP contribution in [0.1, 0.15) is 27.7 Å². The average Bonchev–Trinajstić information content (AvgIpc) is 3.49. The molecule has 13 heteroatoms. The molecule has 5 heterocycles. The highest BCUT2D eigenvalue weighted by atomic mass is 19.4. The van der Waals surface area contributed by atoms with Crippen molar-refractivity contribution < 1.29 is 31.9 Å². The fraction of sp³-hybridized carbons (Fsp3) is 0.240. The van der Waals surface area contributed by atoms with Crippen molar-refractivity contribution in [3.63, 3.8) is 0 Å². The van der Waals surface area contributed by atoms with E-state index in [1.807, 2.05) is 0 Å². The zero-order chi connectivity index (χ0) is 26.6. The Hall–Kier alpha value is -4.39. The summed E-state index contributed by atoms with van der Waals surface area (Å²) in [5, 5.41) is 4.18. The second-order valence-electron chi connectivity index (χ2n) is 8.88. The van der Waals surface area contributed by atoms with Gasteiger partial charge < -0.3 is 14.5 Å². The molecule has 0 saturated carbocycles. The summed E-state index contributed by atoms with van der Waals surface area (Å²) in [6, 6.07) is 9.09. The number of piperazine rings is 1. The van der Waals surface area contributed by atoms with Gasteiger partial charge >= 0.3 is 6.18 Å². The number of benzene rings is 1. The van der Waals surface area contributed by atoms with E-state index in [1.54, 1.807) is 18.3 Å². The molecule has 1 aromatic carbocycles. The number of nitrogens with zero attached hydrogens (tertiary/aromatic N) is 6. The van der Waals surface area contributed by atoms with Gasteiger partial charge in [0.15, 0.2) is 18.0 Å². The summed E-state index contributed by atoms with van der Waals surface area (Å²) in [5.41, 5.74) is -1.06. The highest BCUT2D eigenvalue weighted by Crippen LogP contribution is 2.35. The molecule has 38 heavy (non-hydrogen) atoms. The molecule has 0 N–H and O–H groups in total. The van der Waals surface area contributed by atoms with Crippen LogP contribution >= 0.6 is 0 Å². The number of hydrogen-bond donors (Lipinski definition) is 0. The van der Waals surface area contributed by atoms with E-state index in [0.29, 0.717) is 5.56 Å². The van der Waals surface area contributed by atoms with E-state index >= 15 is 0 Å². The molecule has 2 atom stereocenters. The number of carbonyl (C=O) groups is 2. The van der Waals surface area contributed by atoms with Crippen molar-refractivity contribution in [2.75, 3.05) is 19.6 Å². The normalized spacial score (nSPS) is 19.7. The standard InChI is InChI=1S/C25H18F4N6O3/c26-16-5-3-14(4-6-16)18-10-17(25(27,28)29)22-31-19(12-35(22)32-18)23(36)33-8-9-34-20(13-33)38-21(24(34)37)15-2-1-7-30-11-15/h1-7,10-12,20-21H,8-9,13H2/t20-,21?/m0/s1. The van der Waals surface area contributed by atoms with Gasteiger partial charge in [-0.1, -0.05) is 6.07 Å². The summed E-state index contributed by atoms with van der Waals surface area (Å²) in [5.74, 6) is -1.40. The van der Waals surface area contributed by atoms with Crippen molar-refractivity contribution in [2.24, 2.45) is 0 Å². The lowest BCUT2D eigenvalue weighted by atomic mass is 10.1. The highest BCUT2D eigenvalue weighted by Gasteiger charge is 2.45. The predicted octanol–water partition coefficient (Wildman–Crippen LogP) is 3.33. The minimum absolute atomic E-state index is 0.0234. The van der Waals surface area contributed by atoms with E-state index in [0.717, 1.165) is 28.9 Å². The Morgan fingerprint density at radius 3 is 2.61 bits per heavy atom. The van der Waals surface area contributed by atoms with Crippen LogP contribution in [0.25, 0.3) is 16.9 Å². The number of pyridine rings is 1. The SMILES string of the molecule is O=C(c1cn2nc(-c3ccc(F)cc3)cc(C(F)(F)F)c2n1)N1CCN2C(=O)C(c3cccnc3)O[C@H]2C1. The zero-order valence-electron chi connectivity index (χ0n) is 19.5. The summed E-state index contributed by atoms with van der Waals surface area (Å²) >= 11 is 0. The number of ether oxygens (including phenoxy) is 1. The Labute approximate surface area is 212 Å². The van der Waals surface area contributed by atoms with Crippen molar-refractivity contribution in [1.29, 1.82) is 0 Å². The van der Waals surface area contributed by atoms with E-state index < -0.39 is 41.4 Å². The maximum atomic E-state index is 13.9. The summed E-state index contributed by atoms with van der Waals surface area (Å²) in [4.78, 5) is 37.0. The Bertz CT molecular complexity index is 1540. The van der Waals surface area contributed by atoms with Gasteiger partial charge in [-0.05, 0) is 36.4 Å². The maximum absolute atomic E-state index is 13.9. The quantitative estimate of drug-likeness (QED) is 0.381. The third-order valence-corrected chi connectivity index (χ3v) is 6.50. The first-order valence-corrected chi connectivity index (χ1v) is 11.6. The van der Waals surface area contributed by atoms with Crippen LogP contribution in [0.3, 0.4) is 0 Å². The minimum Gasteiger partial charge on any atom is -0.338 e. The second kappa shape index (κ2) is 8.87. The van der Waals surface area contributed by atoms with Gasteiger partial charge in [-0.3, -0.25) is 14.6 Å². The molecular formula is C25H18F4N6O3. The van der Waals surface area contributed by atoms with Gasteiger partial charge in [0.25, 0.3) is 11.8 Å². The van der Waals surface area contributed by atoms with Crippen LogP contribution in [0.4, 0.5) is 17.6 Å². The van der Waals surface area contributed by atoms with E-state index in [4.69, 9.17) is 4.74 Å². The molecule has 0 bridgehead atoms. The number of imidazole rings is 1. The fourth-order valence-corrected chi connectivity index (χ4v) is 4.63. The maximum Gasteiger partial charge on any atom is 0.420 e. The van der Waals surface area contributed by atoms with Crippen molar-refractivity contribution in [1.82, 2.24) is 29.4 Å². The Balaban J connectivity index is 1.29. The van der Waals surface area contributed by atoms with Crippen molar-refractivity contribution in [3.05, 3.63) is 83.7 Å². The number of halogens is 4. The molecule has 2 amide bonds. The summed E-state index contributed by atoms with van der Waals surface area (Å²) in [6.07, 6.45) is -2.10. The molecule has 4 aromatic rings. The lowest BCUT2D eigenvalue weighted by Crippen LogP contribution is -2.53. The Kier molecular flexibility index (Phi) is 5.60. The third kappa shape index (κ3) is 4.14. The number of fused-ring (bicyclic) bond motifs is 2. The van der Waals surface area contributed by atoms with Crippen LogP contribution in [0, 0.1) is 5.82 Å². The van der Waals surface area contributed by atoms with Crippen molar-refractivity contribution >= 4 is 17.5 Å². The smallest absolute Gasteiger partial charge is 0.338 e. The first kappa shape index (κ1) is 24.0. The average molecular weight is 526 g/mol. The van der Waals surface area contributed by atoms with Crippen LogP contribution in [0.5, 0.6) is 0 Å². The molecule has 0 radical (unpaired) electrons. The topological polar surface area (TPSA) is 92.9 Å². The van der Waals surface area contributed by atoms with E-state index in [-0.39, 0.29) is 42.5 Å². The molecular weight excluding hydrogens is 508 g/mol. The number of amides is 2. The van der Waals surface area contributed by atoms with Crippen LogP contribution in [0.2, 0.25) is 0 Å². The Morgan fingerprint density at radius 1 is 1.11 bits per heavy atom. The summed E-state index contributed by atoms with van der Waals surface area (Å²) in [6.45, 7) is 0.369. The van der Waals surface area contributed by atoms with Gasteiger partial charge in [-0.2, -0.15) is 18.3 Å². The molecule has 0 aliphatic carbocycles. The molecule has 194 valence electrons. The molecule has 3 aromatic heterocycles. The molecule has 2 aliphatic rings. The van der Waals surface area contributed by atoms with Gasteiger partial charge in [0.2, 0.25) is 0 Å². The van der Waals surface area contributed by atoms with E-state index in [9.17, 15) is 27.2 Å². The lowest BCUT2D eigenvalue weighted by molar-refractivity contribution is -0.136. The first-order chi connectivity index (χ1) is 18.2. The van der Waals surface area contributed by atoms with Gasteiger partial charge in [0.05, 0.1) is 18.4 Å². The molecule has 2 saturated heterocycles. The summed E-state index contributed by atoms with van der Waals surface area (Å²) < 4.78 is 61.8. The molecule has 1 unspecified atom stereocenters. The molecule has 6 rings (SSSR count). The molecule has 9 nitrogen and oxygen atoms in total. The third-order valence-electron chi connectivity index (χ3n) is 6.50.